The lowest BCUT2D eigenvalue weighted by atomic mass is 10.1. The Labute approximate surface area is 186 Å². The molecule has 0 fully saturated rings. The first kappa shape index (κ1) is 23.6. The standard InChI is InChI=1S/C21H27N3O7S/c1-14(2)20(21(26)23-13-19(25)22-12-15-5-3-8-29-15)24-32(27,28)16-6-7-17-18(11-16)31-10-4-9-30-17/h3,5-8,11,14,20,24H,4,9-10,12-13H2,1-2H3,(H,22,25)(H,23,26). The maximum Gasteiger partial charge on any atom is 0.241 e. The SMILES string of the molecule is CC(C)C(NS(=O)(=O)c1ccc2c(c1)OCCCO2)C(=O)NCC(=O)NCc1ccco1. The van der Waals surface area contributed by atoms with Gasteiger partial charge in [-0.05, 0) is 30.2 Å². The minimum absolute atomic E-state index is 0.0450. The van der Waals surface area contributed by atoms with Crippen molar-refractivity contribution in [2.45, 2.75) is 37.8 Å². The van der Waals surface area contributed by atoms with E-state index < -0.39 is 27.9 Å². The summed E-state index contributed by atoms with van der Waals surface area (Å²) in [5, 5.41) is 5.08. The van der Waals surface area contributed by atoms with Crippen LogP contribution < -0.4 is 24.8 Å². The first-order valence-electron chi connectivity index (χ1n) is 10.2. The van der Waals surface area contributed by atoms with Crippen molar-refractivity contribution in [1.82, 2.24) is 15.4 Å². The Morgan fingerprint density at radius 3 is 2.50 bits per heavy atom. The molecular weight excluding hydrogens is 438 g/mol. The van der Waals surface area contributed by atoms with Crippen LogP contribution in [-0.2, 0) is 26.2 Å². The van der Waals surface area contributed by atoms with Gasteiger partial charge in [0.2, 0.25) is 21.8 Å². The van der Waals surface area contributed by atoms with E-state index in [2.05, 4.69) is 15.4 Å². The van der Waals surface area contributed by atoms with E-state index >= 15 is 0 Å². The molecule has 0 saturated heterocycles. The minimum Gasteiger partial charge on any atom is -0.490 e. The third-order valence-electron chi connectivity index (χ3n) is 4.72. The molecule has 1 aromatic carbocycles. The van der Waals surface area contributed by atoms with Crippen LogP contribution in [0, 0.1) is 5.92 Å². The average Bonchev–Trinajstić information content (AvgIpc) is 3.17. The molecule has 2 aromatic rings. The van der Waals surface area contributed by atoms with E-state index in [0.717, 1.165) is 0 Å². The van der Waals surface area contributed by atoms with Crippen molar-refractivity contribution in [1.29, 1.82) is 0 Å². The highest BCUT2D eigenvalue weighted by atomic mass is 32.2. The number of benzene rings is 1. The lowest BCUT2D eigenvalue weighted by Gasteiger charge is -2.22. The van der Waals surface area contributed by atoms with Gasteiger partial charge in [-0.15, -0.1) is 0 Å². The summed E-state index contributed by atoms with van der Waals surface area (Å²) in [6.07, 6.45) is 2.19. The van der Waals surface area contributed by atoms with Gasteiger partial charge < -0.3 is 24.5 Å². The quantitative estimate of drug-likeness (QED) is 0.506. The number of fused-ring (bicyclic) bond motifs is 1. The van der Waals surface area contributed by atoms with E-state index in [4.69, 9.17) is 13.9 Å². The fourth-order valence-corrected chi connectivity index (χ4v) is 4.34. The van der Waals surface area contributed by atoms with Crippen LogP contribution in [0.1, 0.15) is 26.0 Å². The highest BCUT2D eigenvalue weighted by molar-refractivity contribution is 7.89. The van der Waals surface area contributed by atoms with Crippen molar-refractivity contribution >= 4 is 21.8 Å². The van der Waals surface area contributed by atoms with Gasteiger partial charge in [0.05, 0.1) is 37.5 Å². The van der Waals surface area contributed by atoms with E-state index in [0.29, 0.717) is 36.9 Å². The molecule has 3 rings (SSSR count). The first-order chi connectivity index (χ1) is 15.3. The van der Waals surface area contributed by atoms with Gasteiger partial charge in [0.25, 0.3) is 0 Å². The molecule has 0 aliphatic carbocycles. The van der Waals surface area contributed by atoms with Crippen molar-refractivity contribution < 1.29 is 31.9 Å². The molecule has 0 saturated carbocycles. The summed E-state index contributed by atoms with van der Waals surface area (Å²) in [4.78, 5) is 24.6. The molecule has 1 aromatic heterocycles. The maximum absolute atomic E-state index is 12.9. The third kappa shape index (κ3) is 6.24. The molecule has 2 amide bonds. The molecule has 3 N–H and O–H groups in total. The van der Waals surface area contributed by atoms with Crippen molar-refractivity contribution in [3.63, 3.8) is 0 Å². The summed E-state index contributed by atoms with van der Waals surface area (Å²) in [5.41, 5.74) is 0. The Bertz CT molecular complexity index is 1040. The topological polar surface area (TPSA) is 136 Å². The zero-order valence-corrected chi connectivity index (χ0v) is 18.7. The van der Waals surface area contributed by atoms with Crippen LogP contribution in [0.25, 0.3) is 0 Å². The maximum atomic E-state index is 12.9. The van der Waals surface area contributed by atoms with Crippen LogP contribution in [0.15, 0.2) is 45.9 Å². The number of carbonyl (C=O) groups is 2. The Hall–Kier alpha value is -3.05. The molecule has 0 spiro atoms. The predicted molar refractivity (Wildman–Crippen MR) is 115 cm³/mol. The van der Waals surface area contributed by atoms with Crippen molar-refractivity contribution in [3.05, 3.63) is 42.4 Å². The van der Waals surface area contributed by atoms with Gasteiger partial charge in [0.1, 0.15) is 11.8 Å². The Balaban J connectivity index is 1.61. The van der Waals surface area contributed by atoms with E-state index in [1.54, 1.807) is 26.0 Å². The van der Waals surface area contributed by atoms with Crippen molar-refractivity contribution in [2.75, 3.05) is 19.8 Å². The summed E-state index contributed by atoms with van der Waals surface area (Å²) in [7, 11) is -4.03. The largest absolute Gasteiger partial charge is 0.490 e. The highest BCUT2D eigenvalue weighted by Gasteiger charge is 2.29. The van der Waals surface area contributed by atoms with E-state index in [-0.39, 0.29) is 23.9 Å². The monoisotopic (exact) mass is 465 g/mol. The Kier molecular flexibility index (Phi) is 7.75. The number of sulfonamides is 1. The summed E-state index contributed by atoms with van der Waals surface area (Å²) in [5.74, 6) is -0.0117. The van der Waals surface area contributed by atoms with Crippen LogP contribution in [0.3, 0.4) is 0 Å². The molecule has 32 heavy (non-hydrogen) atoms. The average molecular weight is 466 g/mol. The van der Waals surface area contributed by atoms with Gasteiger partial charge in [-0.25, -0.2) is 8.42 Å². The Morgan fingerprint density at radius 2 is 1.81 bits per heavy atom. The number of amides is 2. The lowest BCUT2D eigenvalue weighted by molar-refractivity contribution is -0.127. The van der Waals surface area contributed by atoms with Gasteiger partial charge in [-0.2, -0.15) is 4.72 Å². The zero-order chi connectivity index (χ0) is 23.1. The zero-order valence-electron chi connectivity index (χ0n) is 17.9. The second kappa shape index (κ2) is 10.5. The number of hydrogen-bond acceptors (Lipinski definition) is 7. The number of rotatable bonds is 9. The molecule has 0 bridgehead atoms. The lowest BCUT2D eigenvalue weighted by Crippen LogP contribution is -2.51. The molecule has 1 aliphatic rings. The van der Waals surface area contributed by atoms with Gasteiger partial charge in [0.15, 0.2) is 11.5 Å². The predicted octanol–water partition coefficient (Wildman–Crippen LogP) is 1.18. The van der Waals surface area contributed by atoms with Crippen molar-refractivity contribution in [3.8, 4) is 11.5 Å². The second-order valence-corrected chi connectivity index (χ2v) is 9.29. The van der Waals surface area contributed by atoms with Gasteiger partial charge in [0, 0.05) is 12.5 Å². The van der Waals surface area contributed by atoms with Crippen molar-refractivity contribution in [2.24, 2.45) is 5.92 Å². The number of nitrogens with one attached hydrogen (secondary N) is 3. The number of hydrogen-bond donors (Lipinski definition) is 3. The van der Waals surface area contributed by atoms with Gasteiger partial charge in [-0.1, -0.05) is 13.8 Å². The minimum atomic E-state index is -4.03. The fraction of sp³-hybridized carbons (Fsp3) is 0.429. The molecule has 1 atom stereocenters. The molecule has 10 nitrogen and oxygen atoms in total. The highest BCUT2D eigenvalue weighted by Crippen LogP contribution is 2.32. The molecule has 0 radical (unpaired) electrons. The number of ether oxygens (including phenoxy) is 2. The molecule has 11 heteroatoms. The first-order valence-corrected chi connectivity index (χ1v) is 11.7. The second-order valence-electron chi connectivity index (χ2n) is 7.58. The van der Waals surface area contributed by atoms with E-state index in [1.807, 2.05) is 0 Å². The number of furan rings is 1. The van der Waals surface area contributed by atoms with Crippen LogP contribution in [0.5, 0.6) is 11.5 Å². The number of carbonyl (C=O) groups excluding carboxylic acids is 2. The van der Waals surface area contributed by atoms with Crippen LogP contribution in [-0.4, -0.2) is 46.0 Å². The van der Waals surface area contributed by atoms with E-state index in [9.17, 15) is 18.0 Å². The van der Waals surface area contributed by atoms with Gasteiger partial charge >= 0.3 is 0 Å². The summed E-state index contributed by atoms with van der Waals surface area (Å²) in [6.45, 7) is 4.21. The third-order valence-corrected chi connectivity index (χ3v) is 6.16. The van der Waals surface area contributed by atoms with E-state index in [1.165, 1.54) is 24.5 Å². The molecular formula is C21H27N3O7S. The van der Waals surface area contributed by atoms with Gasteiger partial charge in [-0.3, -0.25) is 9.59 Å². The molecule has 174 valence electrons. The summed E-state index contributed by atoms with van der Waals surface area (Å²) >= 11 is 0. The Morgan fingerprint density at radius 1 is 1.06 bits per heavy atom. The molecule has 2 heterocycles. The molecule has 1 unspecified atom stereocenters. The summed E-state index contributed by atoms with van der Waals surface area (Å²) < 4.78 is 44.5. The normalized spacial score (nSPS) is 14.5. The van der Waals surface area contributed by atoms with Crippen LogP contribution in [0.4, 0.5) is 0 Å². The fourth-order valence-electron chi connectivity index (χ4n) is 2.98. The summed E-state index contributed by atoms with van der Waals surface area (Å²) in [6, 6.07) is 6.64. The van der Waals surface area contributed by atoms with Crippen LogP contribution in [0.2, 0.25) is 0 Å². The molecule has 1 aliphatic heterocycles. The smallest absolute Gasteiger partial charge is 0.241 e. The van der Waals surface area contributed by atoms with Crippen LogP contribution >= 0.6 is 0 Å².